The fourth-order valence-electron chi connectivity index (χ4n) is 3.01. The van der Waals surface area contributed by atoms with Gasteiger partial charge in [-0.25, -0.2) is 0 Å². The van der Waals surface area contributed by atoms with Crippen molar-refractivity contribution in [3.8, 4) is 0 Å². The normalized spacial score (nSPS) is 16.2. The standard InChI is InChI=1S/C20H25N3OS/c1-16-6-5-9-18(14-16)21-20(25)22-19(17-7-3-2-4-8-17)15-23-10-12-24-13-11-23/h2-9,14,19H,10-13,15H2,1H3,(H2,21,22,25)/t19-/m1/s1. The fourth-order valence-corrected chi connectivity index (χ4v) is 3.27. The van der Waals surface area contributed by atoms with E-state index in [1.807, 2.05) is 18.2 Å². The number of nitrogens with zero attached hydrogens (tertiary/aromatic N) is 1. The van der Waals surface area contributed by atoms with Crippen molar-refractivity contribution in [1.82, 2.24) is 10.2 Å². The number of ether oxygens (including phenoxy) is 1. The van der Waals surface area contributed by atoms with Gasteiger partial charge in [-0.3, -0.25) is 4.90 Å². The molecule has 0 amide bonds. The largest absolute Gasteiger partial charge is 0.379 e. The van der Waals surface area contributed by atoms with Crippen molar-refractivity contribution in [2.75, 3.05) is 38.2 Å². The van der Waals surface area contributed by atoms with Crippen LogP contribution in [0.25, 0.3) is 0 Å². The lowest BCUT2D eigenvalue weighted by molar-refractivity contribution is 0.0344. The number of thiocarbonyl (C=S) groups is 1. The van der Waals surface area contributed by atoms with Crippen LogP contribution in [-0.4, -0.2) is 42.9 Å². The van der Waals surface area contributed by atoms with E-state index in [2.05, 4.69) is 58.9 Å². The zero-order valence-corrected chi connectivity index (χ0v) is 15.4. The van der Waals surface area contributed by atoms with Crippen LogP contribution in [-0.2, 0) is 4.74 Å². The van der Waals surface area contributed by atoms with Crippen LogP contribution >= 0.6 is 12.2 Å². The van der Waals surface area contributed by atoms with E-state index in [4.69, 9.17) is 17.0 Å². The maximum Gasteiger partial charge on any atom is 0.171 e. The van der Waals surface area contributed by atoms with E-state index in [1.54, 1.807) is 0 Å². The Balaban J connectivity index is 1.67. The third-order valence-corrected chi connectivity index (χ3v) is 4.55. The van der Waals surface area contributed by atoms with Gasteiger partial charge in [0, 0.05) is 25.3 Å². The lowest BCUT2D eigenvalue weighted by Gasteiger charge is -2.31. The van der Waals surface area contributed by atoms with Crippen molar-refractivity contribution < 1.29 is 4.74 Å². The van der Waals surface area contributed by atoms with Gasteiger partial charge in [0.1, 0.15) is 0 Å². The molecule has 1 atom stereocenters. The third-order valence-electron chi connectivity index (χ3n) is 4.33. The van der Waals surface area contributed by atoms with Gasteiger partial charge in [0.15, 0.2) is 5.11 Å². The highest BCUT2D eigenvalue weighted by atomic mass is 32.1. The van der Waals surface area contributed by atoms with Crippen molar-refractivity contribution >= 4 is 23.0 Å². The second-order valence-electron chi connectivity index (χ2n) is 6.34. The van der Waals surface area contributed by atoms with Crippen molar-refractivity contribution in [1.29, 1.82) is 0 Å². The quantitative estimate of drug-likeness (QED) is 0.805. The second kappa shape index (κ2) is 8.94. The molecule has 1 saturated heterocycles. The molecule has 2 aromatic carbocycles. The van der Waals surface area contributed by atoms with Crippen molar-refractivity contribution in [2.45, 2.75) is 13.0 Å². The van der Waals surface area contributed by atoms with Crippen LogP contribution in [0.15, 0.2) is 54.6 Å². The van der Waals surface area contributed by atoms with E-state index in [0.29, 0.717) is 5.11 Å². The fraction of sp³-hybridized carbons (Fsp3) is 0.350. The molecule has 2 N–H and O–H groups in total. The van der Waals surface area contributed by atoms with Crippen molar-refractivity contribution in [3.05, 3.63) is 65.7 Å². The molecule has 1 heterocycles. The topological polar surface area (TPSA) is 36.5 Å². The van der Waals surface area contributed by atoms with Crippen LogP contribution < -0.4 is 10.6 Å². The van der Waals surface area contributed by atoms with Gasteiger partial charge in [0.25, 0.3) is 0 Å². The molecular weight excluding hydrogens is 330 g/mol. The predicted octanol–water partition coefficient (Wildman–Crippen LogP) is 3.35. The minimum atomic E-state index is 0.143. The summed E-state index contributed by atoms with van der Waals surface area (Å²) in [5, 5.41) is 7.43. The van der Waals surface area contributed by atoms with Crippen LogP contribution in [0.4, 0.5) is 5.69 Å². The number of morpholine rings is 1. The summed E-state index contributed by atoms with van der Waals surface area (Å²) in [6, 6.07) is 18.8. The summed E-state index contributed by atoms with van der Waals surface area (Å²) in [4.78, 5) is 2.42. The Hall–Kier alpha value is -1.95. The van der Waals surface area contributed by atoms with Gasteiger partial charge in [-0.1, -0.05) is 42.5 Å². The highest BCUT2D eigenvalue weighted by Crippen LogP contribution is 2.16. The molecular formula is C20H25N3OS. The van der Waals surface area contributed by atoms with Gasteiger partial charge in [-0.15, -0.1) is 0 Å². The molecule has 1 fully saturated rings. The number of benzene rings is 2. The summed E-state index contributed by atoms with van der Waals surface area (Å²) in [7, 11) is 0. The first-order valence-electron chi connectivity index (χ1n) is 8.70. The molecule has 0 saturated carbocycles. The van der Waals surface area contributed by atoms with E-state index >= 15 is 0 Å². The molecule has 3 rings (SSSR count). The molecule has 0 spiro atoms. The summed E-state index contributed by atoms with van der Waals surface area (Å²) in [6.07, 6.45) is 0. The molecule has 5 heteroatoms. The summed E-state index contributed by atoms with van der Waals surface area (Å²) < 4.78 is 5.46. The zero-order chi connectivity index (χ0) is 17.5. The Bertz CT molecular complexity index is 686. The second-order valence-corrected chi connectivity index (χ2v) is 6.75. The molecule has 4 nitrogen and oxygen atoms in total. The number of hydrogen-bond donors (Lipinski definition) is 2. The summed E-state index contributed by atoms with van der Waals surface area (Å²) in [6.45, 7) is 6.50. The van der Waals surface area contributed by atoms with Gasteiger partial charge in [-0.05, 0) is 42.4 Å². The molecule has 1 aliphatic heterocycles. The van der Waals surface area contributed by atoms with Gasteiger partial charge in [-0.2, -0.15) is 0 Å². The number of aryl methyl sites for hydroxylation is 1. The molecule has 0 aliphatic carbocycles. The van der Waals surface area contributed by atoms with Crippen LogP contribution in [0.3, 0.4) is 0 Å². The lowest BCUT2D eigenvalue weighted by Crippen LogP contribution is -2.44. The highest BCUT2D eigenvalue weighted by Gasteiger charge is 2.19. The average Bonchev–Trinajstić information content (AvgIpc) is 2.63. The first-order valence-corrected chi connectivity index (χ1v) is 9.11. The maximum atomic E-state index is 5.56. The van der Waals surface area contributed by atoms with Gasteiger partial charge >= 0.3 is 0 Å². The molecule has 1 aliphatic rings. The predicted molar refractivity (Wildman–Crippen MR) is 107 cm³/mol. The number of anilines is 1. The Kier molecular flexibility index (Phi) is 6.39. The monoisotopic (exact) mass is 355 g/mol. The summed E-state index contributed by atoms with van der Waals surface area (Å²) in [5.74, 6) is 0. The number of nitrogens with one attached hydrogen (secondary N) is 2. The molecule has 132 valence electrons. The molecule has 2 aromatic rings. The molecule has 0 bridgehead atoms. The Morgan fingerprint density at radius 2 is 1.88 bits per heavy atom. The van der Waals surface area contributed by atoms with Gasteiger partial charge < -0.3 is 15.4 Å². The van der Waals surface area contributed by atoms with Crippen LogP contribution in [0.2, 0.25) is 0 Å². The van der Waals surface area contributed by atoms with Gasteiger partial charge in [0.05, 0.1) is 19.3 Å². The van der Waals surface area contributed by atoms with Crippen molar-refractivity contribution in [3.63, 3.8) is 0 Å². The van der Waals surface area contributed by atoms with E-state index in [1.165, 1.54) is 11.1 Å². The zero-order valence-electron chi connectivity index (χ0n) is 14.6. The minimum absolute atomic E-state index is 0.143. The minimum Gasteiger partial charge on any atom is -0.379 e. The summed E-state index contributed by atoms with van der Waals surface area (Å²) in [5.41, 5.74) is 3.46. The van der Waals surface area contributed by atoms with Crippen LogP contribution in [0.1, 0.15) is 17.2 Å². The van der Waals surface area contributed by atoms with E-state index in [9.17, 15) is 0 Å². The Morgan fingerprint density at radius 3 is 2.60 bits per heavy atom. The molecule has 0 radical (unpaired) electrons. The molecule has 0 unspecified atom stereocenters. The van der Waals surface area contributed by atoms with Gasteiger partial charge in [0.2, 0.25) is 0 Å². The third kappa shape index (κ3) is 5.53. The first kappa shape index (κ1) is 17.9. The van der Waals surface area contributed by atoms with Crippen LogP contribution in [0, 0.1) is 6.92 Å². The Labute approximate surface area is 155 Å². The first-order chi connectivity index (χ1) is 12.2. The number of hydrogen-bond acceptors (Lipinski definition) is 3. The molecule has 25 heavy (non-hydrogen) atoms. The van der Waals surface area contributed by atoms with Crippen LogP contribution in [0.5, 0.6) is 0 Å². The lowest BCUT2D eigenvalue weighted by atomic mass is 10.1. The Morgan fingerprint density at radius 1 is 1.12 bits per heavy atom. The maximum absolute atomic E-state index is 5.56. The highest BCUT2D eigenvalue weighted by molar-refractivity contribution is 7.80. The van der Waals surface area contributed by atoms with E-state index in [0.717, 1.165) is 38.5 Å². The number of rotatable bonds is 5. The van der Waals surface area contributed by atoms with E-state index < -0.39 is 0 Å². The summed E-state index contributed by atoms with van der Waals surface area (Å²) >= 11 is 5.56. The SMILES string of the molecule is Cc1cccc(NC(=S)N[C@H](CN2CCOCC2)c2ccccc2)c1. The average molecular weight is 356 g/mol. The molecule has 0 aromatic heterocycles. The van der Waals surface area contributed by atoms with E-state index in [-0.39, 0.29) is 6.04 Å². The smallest absolute Gasteiger partial charge is 0.171 e. The van der Waals surface area contributed by atoms with Crippen molar-refractivity contribution in [2.24, 2.45) is 0 Å².